The summed E-state index contributed by atoms with van der Waals surface area (Å²) >= 11 is 0. The van der Waals surface area contributed by atoms with Gasteiger partial charge in [0.05, 0.1) is 5.60 Å². The third-order valence-electron chi connectivity index (χ3n) is 7.43. The van der Waals surface area contributed by atoms with Crippen LogP contribution in [0.4, 0.5) is 4.39 Å². The molecule has 2 aromatic rings. The molecule has 184 valence electrons. The molecule has 0 saturated carbocycles. The van der Waals surface area contributed by atoms with Crippen LogP contribution in [-0.2, 0) is 22.7 Å². The number of nitrogens with one attached hydrogen (secondary N) is 1. The average molecular weight is 481 g/mol. The zero-order chi connectivity index (χ0) is 24.9. The number of benzene rings is 1. The van der Waals surface area contributed by atoms with Crippen LogP contribution in [0.3, 0.4) is 0 Å². The first-order valence-corrected chi connectivity index (χ1v) is 12.0. The second kappa shape index (κ2) is 8.80. The maximum Gasteiger partial charge on any atom is 0.255 e. The van der Waals surface area contributed by atoms with E-state index in [2.05, 4.69) is 15.2 Å². The van der Waals surface area contributed by atoms with Crippen LogP contribution < -0.4 is 5.32 Å². The van der Waals surface area contributed by atoms with E-state index in [4.69, 9.17) is 0 Å². The van der Waals surface area contributed by atoms with Gasteiger partial charge < -0.3 is 10.0 Å². The van der Waals surface area contributed by atoms with Crippen molar-refractivity contribution in [3.8, 4) is 11.3 Å². The molecular formula is C26H29FN4O4. The SMILES string of the molecule is CC(C)(O)[C@H]1CCN(Cc2ccnc(-c3ccc4c(c3)CN(C3CCC(=O)NC3=O)C4=O)c2F)C1. The molecule has 3 aliphatic heterocycles. The lowest BCUT2D eigenvalue weighted by Crippen LogP contribution is -2.52. The van der Waals surface area contributed by atoms with Gasteiger partial charge in [-0.05, 0) is 57.0 Å². The van der Waals surface area contributed by atoms with E-state index in [9.17, 15) is 19.5 Å². The first-order chi connectivity index (χ1) is 16.6. The van der Waals surface area contributed by atoms with Crippen molar-refractivity contribution in [2.24, 2.45) is 5.92 Å². The summed E-state index contributed by atoms with van der Waals surface area (Å²) in [5, 5.41) is 12.6. The van der Waals surface area contributed by atoms with Gasteiger partial charge in [0.2, 0.25) is 11.8 Å². The number of carbonyl (C=O) groups is 3. The van der Waals surface area contributed by atoms with Crippen molar-refractivity contribution in [1.29, 1.82) is 0 Å². The molecule has 0 aliphatic carbocycles. The molecule has 1 aromatic carbocycles. The predicted molar refractivity (Wildman–Crippen MR) is 125 cm³/mol. The van der Waals surface area contributed by atoms with Crippen LogP contribution in [0.1, 0.15) is 54.6 Å². The number of imide groups is 1. The van der Waals surface area contributed by atoms with E-state index >= 15 is 4.39 Å². The zero-order valence-corrected chi connectivity index (χ0v) is 19.9. The lowest BCUT2D eigenvalue weighted by molar-refractivity contribution is -0.136. The predicted octanol–water partition coefficient (Wildman–Crippen LogP) is 2.24. The molecule has 0 radical (unpaired) electrons. The highest BCUT2D eigenvalue weighted by molar-refractivity contribution is 6.05. The maximum absolute atomic E-state index is 15.5. The number of aromatic nitrogens is 1. The molecule has 2 atom stereocenters. The van der Waals surface area contributed by atoms with Gasteiger partial charge in [-0.3, -0.25) is 29.6 Å². The van der Waals surface area contributed by atoms with E-state index in [0.717, 1.165) is 13.0 Å². The fraction of sp³-hybridized carbons (Fsp3) is 0.462. The Morgan fingerprint density at radius 1 is 1.20 bits per heavy atom. The molecule has 2 N–H and O–H groups in total. The number of piperidine rings is 1. The number of nitrogens with zero attached hydrogens (tertiary/aromatic N) is 3. The number of hydrogen-bond donors (Lipinski definition) is 2. The molecule has 4 heterocycles. The number of amides is 3. The Morgan fingerprint density at radius 2 is 2.00 bits per heavy atom. The highest BCUT2D eigenvalue weighted by Gasteiger charge is 2.39. The van der Waals surface area contributed by atoms with Gasteiger partial charge in [0.1, 0.15) is 11.7 Å². The van der Waals surface area contributed by atoms with Gasteiger partial charge in [0.15, 0.2) is 5.82 Å². The number of aliphatic hydroxyl groups is 1. The number of fused-ring (bicyclic) bond motifs is 1. The highest BCUT2D eigenvalue weighted by Crippen LogP contribution is 2.33. The molecule has 3 aliphatic rings. The molecule has 3 amide bonds. The summed E-state index contributed by atoms with van der Waals surface area (Å²) in [4.78, 5) is 44.6. The first-order valence-electron chi connectivity index (χ1n) is 12.0. The van der Waals surface area contributed by atoms with Crippen molar-refractivity contribution in [3.63, 3.8) is 0 Å². The first kappa shape index (κ1) is 23.6. The second-order valence-electron chi connectivity index (χ2n) is 10.3. The molecule has 9 heteroatoms. The topological polar surface area (TPSA) is 103 Å². The van der Waals surface area contributed by atoms with Crippen LogP contribution >= 0.6 is 0 Å². The average Bonchev–Trinajstić information content (AvgIpc) is 3.40. The minimum atomic E-state index is -0.764. The Kier molecular flexibility index (Phi) is 5.93. The summed E-state index contributed by atoms with van der Waals surface area (Å²) in [6, 6.07) is 6.08. The van der Waals surface area contributed by atoms with Crippen molar-refractivity contribution < 1.29 is 23.9 Å². The lowest BCUT2D eigenvalue weighted by Gasteiger charge is -2.29. The minimum Gasteiger partial charge on any atom is -0.390 e. The zero-order valence-electron chi connectivity index (χ0n) is 19.9. The van der Waals surface area contributed by atoms with Gasteiger partial charge in [-0.1, -0.05) is 6.07 Å². The minimum absolute atomic E-state index is 0.147. The smallest absolute Gasteiger partial charge is 0.255 e. The third-order valence-corrected chi connectivity index (χ3v) is 7.43. The third kappa shape index (κ3) is 4.46. The Morgan fingerprint density at radius 3 is 2.71 bits per heavy atom. The summed E-state index contributed by atoms with van der Waals surface area (Å²) in [5.41, 5.74) is 1.74. The molecule has 2 saturated heterocycles. The summed E-state index contributed by atoms with van der Waals surface area (Å²) in [5.74, 6) is -1.31. The number of rotatable bonds is 5. The summed E-state index contributed by atoms with van der Waals surface area (Å²) < 4.78 is 15.5. The van der Waals surface area contributed by atoms with Gasteiger partial charge in [-0.15, -0.1) is 0 Å². The molecule has 5 rings (SSSR count). The van der Waals surface area contributed by atoms with E-state index in [1.165, 1.54) is 4.90 Å². The van der Waals surface area contributed by atoms with Gasteiger partial charge >= 0.3 is 0 Å². The molecular weight excluding hydrogens is 451 g/mol. The molecule has 2 fully saturated rings. The van der Waals surface area contributed by atoms with Gasteiger partial charge in [-0.25, -0.2) is 4.39 Å². The van der Waals surface area contributed by atoms with E-state index in [0.29, 0.717) is 41.8 Å². The van der Waals surface area contributed by atoms with Crippen LogP contribution in [-0.4, -0.2) is 62.3 Å². The van der Waals surface area contributed by atoms with Crippen LogP contribution in [0.5, 0.6) is 0 Å². The molecule has 35 heavy (non-hydrogen) atoms. The van der Waals surface area contributed by atoms with Crippen LogP contribution in [0.15, 0.2) is 30.5 Å². The summed E-state index contributed by atoms with van der Waals surface area (Å²) in [6.45, 7) is 5.78. The van der Waals surface area contributed by atoms with Crippen LogP contribution in [0, 0.1) is 11.7 Å². The van der Waals surface area contributed by atoms with E-state index in [-0.39, 0.29) is 36.4 Å². The van der Waals surface area contributed by atoms with Crippen molar-refractivity contribution in [2.45, 2.75) is 57.8 Å². The normalized spacial score (nSPS) is 23.1. The fourth-order valence-electron chi connectivity index (χ4n) is 5.32. The van der Waals surface area contributed by atoms with Crippen molar-refractivity contribution in [3.05, 3.63) is 53.0 Å². The Hall–Kier alpha value is -3.17. The molecule has 1 unspecified atom stereocenters. The highest BCUT2D eigenvalue weighted by atomic mass is 19.1. The number of halogens is 1. The number of hydrogen-bond acceptors (Lipinski definition) is 6. The van der Waals surface area contributed by atoms with E-state index in [1.54, 1.807) is 30.5 Å². The fourth-order valence-corrected chi connectivity index (χ4v) is 5.32. The largest absolute Gasteiger partial charge is 0.390 e. The molecule has 1 aromatic heterocycles. The van der Waals surface area contributed by atoms with Crippen molar-refractivity contribution in [1.82, 2.24) is 20.1 Å². The van der Waals surface area contributed by atoms with Crippen molar-refractivity contribution >= 4 is 17.7 Å². The standard InChI is InChI=1S/C26H29FN4O4/c1-26(2,35)18-8-10-30(14-18)12-16-7-9-28-23(22(16)27)15-3-4-19-17(11-15)13-31(25(19)34)20-5-6-21(32)29-24(20)33/h3-4,7,9,11,18,20,35H,5-6,8,10,12-14H2,1-2H3,(H,29,32,33)/t18-,20?/m0/s1. The van der Waals surface area contributed by atoms with E-state index < -0.39 is 23.4 Å². The number of pyridine rings is 1. The Balaban J connectivity index is 1.35. The van der Waals surface area contributed by atoms with Gasteiger partial charge in [0, 0.05) is 54.9 Å². The number of carbonyl (C=O) groups excluding carboxylic acids is 3. The maximum atomic E-state index is 15.5. The molecule has 8 nitrogen and oxygen atoms in total. The van der Waals surface area contributed by atoms with Crippen LogP contribution in [0.25, 0.3) is 11.3 Å². The van der Waals surface area contributed by atoms with Crippen molar-refractivity contribution in [2.75, 3.05) is 13.1 Å². The van der Waals surface area contributed by atoms with Gasteiger partial charge in [0.25, 0.3) is 5.91 Å². The monoisotopic (exact) mass is 480 g/mol. The Bertz CT molecular complexity index is 1210. The quantitative estimate of drug-likeness (QED) is 0.637. The summed E-state index contributed by atoms with van der Waals surface area (Å²) in [7, 11) is 0. The molecule has 0 spiro atoms. The lowest BCUT2D eigenvalue weighted by atomic mass is 9.90. The summed E-state index contributed by atoms with van der Waals surface area (Å²) in [6.07, 6.45) is 2.94. The van der Waals surface area contributed by atoms with Gasteiger partial charge in [-0.2, -0.15) is 0 Å². The Labute approximate surface area is 203 Å². The number of likely N-dealkylation sites (tertiary alicyclic amines) is 1. The van der Waals surface area contributed by atoms with E-state index in [1.807, 2.05) is 13.8 Å². The van der Waals surface area contributed by atoms with Crippen LogP contribution in [0.2, 0.25) is 0 Å². The molecule has 0 bridgehead atoms. The second-order valence-corrected chi connectivity index (χ2v) is 10.3.